The Morgan fingerprint density at radius 2 is 2.00 bits per heavy atom. The summed E-state index contributed by atoms with van der Waals surface area (Å²) < 4.78 is 30.6. The molecule has 0 N–H and O–H groups in total. The molecule has 0 saturated heterocycles. The van der Waals surface area contributed by atoms with E-state index in [9.17, 15) is 13.6 Å². The molecule has 0 aliphatic heterocycles. The topological polar surface area (TPSA) is 26.3 Å². The number of hydrogen-bond acceptors (Lipinski definition) is 2. The zero-order valence-electron chi connectivity index (χ0n) is 7.61. The summed E-state index contributed by atoms with van der Waals surface area (Å²) in [7, 11) is 0. The second-order valence-electron chi connectivity index (χ2n) is 2.57. The van der Waals surface area contributed by atoms with E-state index in [1.165, 1.54) is 0 Å². The first-order valence-corrected chi connectivity index (χ1v) is 5.57. The molecule has 6 heteroatoms. The van der Waals surface area contributed by atoms with E-state index in [1.807, 2.05) is 0 Å². The van der Waals surface area contributed by atoms with Crippen LogP contribution in [0, 0.1) is 11.6 Å². The average Bonchev–Trinajstić information content (AvgIpc) is 2.20. The minimum Gasteiger partial charge on any atom is -0.462 e. The third-order valence-electron chi connectivity index (χ3n) is 1.60. The van der Waals surface area contributed by atoms with E-state index in [4.69, 9.17) is 0 Å². The van der Waals surface area contributed by atoms with E-state index < -0.39 is 17.6 Å². The molecule has 0 aromatic heterocycles. The summed E-state index contributed by atoms with van der Waals surface area (Å²) in [5.74, 6) is -2.48. The minimum absolute atomic E-state index is 0.116. The monoisotopic (exact) mass is 342 g/mol. The van der Waals surface area contributed by atoms with E-state index in [0.29, 0.717) is 0 Å². The molecule has 0 atom stereocenters. The second-order valence-corrected chi connectivity index (χ2v) is 4.15. The molecular weight excluding hydrogens is 338 g/mol. The molecule has 0 aliphatic rings. The molecule has 15 heavy (non-hydrogen) atoms. The number of halogens is 4. The van der Waals surface area contributed by atoms with Crippen LogP contribution in [0.15, 0.2) is 15.0 Å². The summed E-state index contributed by atoms with van der Waals surface area (Å²) in [5, 5.41) is 0. The number of carbonyl (C=O) groups is 1. The van der Waals surface area contributed by atoms with Gasteiger partial charge in [-0.05, 0) is 44.8 Å². The van der Waals surface area contributed by atoms with Gasteiger partial charge in [0.1, 0.15) is 5.82 Å². The zero-order chi connectivity index (χ0) is 11.6. The Hall–Kier alpha value is -0.490. The number of esters is 1. The van der Waals surface area contributed by atoms with Crippen molar-refractivity contribution in [2.45, 2.75) is 6.92 Å². The molecule has 1 rings (SSSR count). The van der Waals surface area contributed by atoms with Crippen LogP contribution in [0.25, 0.3) is 0 Å². The van der Waals surface area contributed by atoms with Crippen molar-refractivity contribution in [3.05, 3.63) is 32.2 Å². The first kappa shape index (κ1) is 12.6. The fraction of sp³-hybridized carbons (Fsp3) is 0.222. The van der Waals surface area contributed by atoms with Gasteiger partial charge in [-0.25, -0.2) is 13.6 Å². The summed E-state index contributed by atoms with van der Waals surface area (Å²) in [6.45, 7) is 1.75. The molecule has 0 heterocycles. The highest BCUT2D eigenvalue weighted by Crippen LogP contribution is 2.30. The number of ether oxygens (including phenoxy) is 1. The van der Waals surface area contributed by atoms with Gasteiger partial charge >= 0.3 is 5.97 Å². The highest BCUT2D eigenvalue weighted by atomic mass is 79.9. The van der Waals surface area contributed by atoms with E-state index in [2.05, 4.69) is 36.6 Å². The lowest BCUT2D eigenvalue weighted by atomic mass is 10.2. The Morgan fingerprint density at radius 1 is 1.40 bits per heavy atom. The predicted octanol–water partition coefficient (Wildman–Crippen LogP) is 3.67. The van der Waals surface area contributed by atoms with Gasteiger partial charge in [0.15, 0.2) is 5.82 Å². The van der Waals surface area contributed by atoms with E-state index in [1.54, 1.807) is 6.92 Å². The maximum atomic E-state index is 13.3. The van der Waals surface area contributed by atoms with Crippen LogP contribution in [0.4, 0.5) is 8.78 Å². The lowest BCUT2D eigenvalue weighted by Gasteiger charge is -2.06. The van der Waals surface area contributed by atoms with Crippen molar-refractivity contribution in [3.63, 3.8) is 0 Å². The fourth-order valence-corrected chi connectivity index (χ4v) is 1.98. The minimum atomic E-state index is -0.863. The highest BCUT2D eigenvalue weighted by Gasteiger charge is 2.20. The van der Waals surface area contributed by atoms with Gasteiger partial charge in [0, 0.05) is 0 Å². The molecule has 0 bridgehead atoms. The lowest BCUT2D eigenvalue weighted by Crippen LogP contribution is -2.07. The maximum Gasteiger partial charge on any atom is 0.339 e. The number of hydrogen-bond donors (Lipinski definition) is 0. The highest BCUT2D eigenvalue weighted by molar-refractivity contribution is 9.11. The van der Waals surface area contributed by atoms with Crippen molar-refractivity contribution in [2.75, 3.05) is 6.61 Å². The van der Waals surface area contributed by atoms with Gasteiger partial charge in [-0.2, -0.15) is 0 Å². The van der Waals surface area contributed by atoms with Crippen molar-refractivity contribution in [1.82, 2.24) is 0 Å². The third-order valence-corrected chi connectivity index (χ3v) is 3.10. The van der Waals surface area contributed by atoms with Gasteiger partial charge in [-0.1, -0.05) is 0 Å². The maximum absolute atomic E-state index is 13.3. The summed E-state index contributed by atoms with van der Waals surface area (Å²) in [4.78, 5) is 11.3. The standard InChI is InChI=1S/C9H6Br2F2O2/c1-2-15-9(14)4-3-5(12)7(11)8(13)6(4)10/h3H,2H2,1H3. The van der Waals surface area contributed by atoms with Crippen molar-refractivity contribution in [1.29, 1.82) is 0 Å². The molecule has 1 aromatic carbocycles. The molecule has 0 saturated carbocycles. The summed E-state index contributed by atoms with van der Waals surface area (Å²) in [5.41, 5.74) is -0.171. The first-order valence-electron chi connectivity index (χ1n) is 3.99. The van der Waals surface area contributed by atoms with Gasteiger partial charge in [-0.15, -0.1) is 0 Å². The number of rotatable bonds is 2. The quantitative estimate of drug-likeness (QED) is 0.465. The van der Waals surface area contributed by atoms with Crippen LogP contribution in [0.1, 0.15) is 17.3 Å². The van der Waals surface area contributed by atoms with Gasteiger partial charge < -0.3 is 4.74 Å². The van der Waals surface area contributed by atoms with E-state index >= 15 is 0 Å². The molecule has 2 nitrogen and oxygen atoms in total. The van der Waals surface area contributed by atoms with Crippen molar-refractivity contribution < 1.29 is 18.3 Å². The Morgan fingerprint density at radius 3 is 2.53 bits per heavy atom. The van der Waals surface area contributed by atoms with Crippen LogP contribution < -0.4 is 0 Å². The normalized spacial score (nSPS) is 10.2. The fourth-order valence-electron chi connectivity index (χ4n) is 0.930. The smallest absolute Gasteiger partial charge is 0.339 e. The summed E-state index contributed by atoms with van der Waals surface area (Å²) >= 11 is 5.58. The van der Waals surface area contributed by atoms with E-state index in [0.717, 1.165) is 6.07 Å². The van der Waals surface area contributed by atoms with Gasteiger partial charge in [0.05, 0.1) is 21.1 Å². The van der Waals surface area contributed by atoms with Crippen LogP contribution in [-0.2, 0) is 4.74 Å². The molecule has 0 fully saturated rings. The van der Waals surface area contributed by atoms with E-state index in [-0.39, 0.29) is 21.1 Å². The van der Waals surface area contributed by atoms with Gasteiger partial charge in [-0.3, -0.25) is 0 Å². The Labute approximate surface area is 102 Å². The molecule has 0 radical (unpaired) electrons. The van der Waals surface area contributed by atoms with Gasteiger partial charge in [0.2, 0.25) is 0 Å². The average molecular weight is 344 g/mol. The lowest BCUT2D eigenvalue weighted by molar-refractivity contribution is 0.0524. The van der Waals surface area contributed by atoms with Crippen LogP contribution in [0.3, 0.4) is 0 Å². The SMILES string of the molecule is CCOC(=O)c1cc(F)c(Br)c(F)c1Br. The zero-order valence-corrected chi connectivity index (χ0v) is 10.8. The van der Waals surface area contributed by atoms with Gasteiger partial charge in [0.25, 0.3) is 0 Å². The summed E-state index contributed by atoms with van der Waals surface area (Å²) in [6.07, 6.45) is 0. The molecule has 1 aromatic rings. The first-order chi connectivity index (χ1) is 6.99. The van der Waals surface area contributed by atoms with Crippen LogP contribution in [0.2, 0.25) is 0 Å². The van der Waals surface area contributed by atoms with Crippen molar-refractivity contribution in [3.8, 4) is 0 Å². The van der Waals surface area contributed by atoms with Crippen molar-refractivity contribution in [2.24, 2.45) is 0 Å². The van der Waals surface area contributed by atoms with Crippen LogP contribution in [0.5, 0.6) is 0 Å². The third kappa shape index (κ3) is 2.55. The number of carbonyl (C=O) groups excluding carboxylic acids is 1. The molecular formula is C9H6Br2F2O2. The Kier molecular flexibility index (Phi) is 4.21. The predicted molar refractivity (Wildman–Crippen MR) is 57.7 cm³/mol. The molecule has 0 spiro atoms. The largest absolute Gasteiger partial charge is 0.462 e. The molecule has 0 unspecified atom stereocenters. The Balaban J connectivity index is 3.26. The summed E-state index contributed by atoms with van der Waals surface area (Å²) in [6, 6.07) is 0.912. The van der Waals surface area contributed by atoms with Crippen LogP contribution >= 0.6 is 31.9 Å². The van der Waals surface area contributed by atoms with Crippen molar-refractivity contribution >= 4 is 37.8 Å². The van der Waals surface area contributed by atoms with Crippen LogP contribution in [-0.4, -0.2) is 12.6 Å². The Bertz CT molecular complexity index is 408. The molecule has 0 aliphatic carbocycles. The second kappa shape index (κ2) is 5.03. The molecule has 0 amide bonds. The molecule has 82 valence electrons. The number of benzene rings is 1.